The van der Waals surface area contributed by atoms with Gasteiger partial charge in [0.25, 0.3) is 11.6 Å². The fourth-order valence-corrected chi connectivity index (χ4v) is 4.35. The van der Waals surface area contributed by atoms with Gasteiger partial charge in [-0.2, -0.15) is 0 Å². The molecule has 3 atom stereocenters. The lowest BCUT2D eigenvalue weighted by molar-refractivity contribution is -0.384. The number of primary amides is 1. The number of hydrogen-bond donors (Lipinski definition) is 4. The number of nitrogens with zero attached hydrogens (tertiary/aromatic N) is 3. The number of nitrogens with one attached hydrogen (secondary N) is 3. The zero-order valence-corrected chi connectivity index (χ0v) is 19.2. The molecule has 2 aromatic rings. The molecule has 2 aliphatic heterocycles. The number of H-pyrrole nitrogens is 1. The Kier molecular flexibility index (Phi) is 7.69. The molecule has 14 heteroatoms. The Morgan fingerprint density at radius 2 is 2.11 bits per heavy atom. The van der Waals surface area contributed by atoms with Crippen LogP contribution in [-0.4, -0.2) is 68.1 Å². The summed E-state index contributed by atoms with van der Waals surface area (Å²) in [4.78, 5) is 69.2. The van der Waals surface area contributed by atoms with Gasteiger partial charge in [0.05, 0.1) is 11.3 Å². The summed E-state index contributed by atoms with van der Waals surface area (Å²) in [5.41, 5.74) is 6.43. The van der Waals surface area contributed by atoms with Crippen molar-refractivity contribution in [3.8, 4) is 0 Å². The van der Waals surface area contributed by atoms with E-state index in [2.05, 4.69) is 20.6 Å². The van der Waals surface area contributed by atoms with Crippen LogP contribution in [0.4, 0.5) is 5.69 Å². The van der Waals surface area contributed by atoms with E-state index in [0.717, 1.165) is 0 Å². The van der Waals surface area contributed by atoms with E-state index >= 15 is 0 Å². The van der Waals surface area contributed by atoms with Gasteiger partial charge < -0.3 is 26.3 Å². The molecule has 3 heterocycles. The first-order valence-electron chi connectivity index (χ1n) is 10.7. The van der Waals surface area contributed by atoms with Crippen LogP contribution in [-0.2, 0) is 27.2 Å². The van der Waals surface area contributed by atoms with Gasteiger partial charge in [-0.3, -0.25) is 29.3 Å². The molecule has 4 rings (SSSR count). The van der Waals surface area contributed by atoms with E-state index in [1.807, 2.05) is 0 Å². The highest BCUT2D eigenvalue weighted by Gasteiger charge is 2.38. The molecule has 1 fully saturated rings. The summed E-state index contributed by atoms with van der Waals surface area (Å²) < 4.78 is 0. The van der Waals surface area contributed by atoms with Crippen molar-refractivity contribution in [2.45, 2.75) is 43.8 Å². The summed E-state index contributed by atoms with van der Waals surface area (Å²) in [6, 6.07) is 1.13. The SMILES string of the molecule is Cl.NC(=O)[C@@H]1CCCN1C(=O)[C@H](Cc1cnc[nH]1)NC(=O)[C@@H]1Cc2ccc([N+](=O)[O-])cc2C(=O)N1. The molecule has 13 nitrogen and oxygen atoms in total. The zero-order valence-electron chi connectivity index (χ0n) is 18.4. The molecule has 1 aromatic carbocycles. The van der Waals surface area contributed by atoms with Crippen LogP contribution in [0.2, 0.25) is 0 Å². The van der Waals surface area contributed by atoms with Crippen LogP contribution in [0, 0.1) is 10.1 Å². The normalized spacial score (nSPS) is 19.7. The second-order valence-electron chi connectivity index (χ2n) is 8.26. The van der Waals surface area contributed by atoms with Crippen LogP contribution in [0.25, 0.3) is 0 Å². The number of rotatable bonds is 7. The van der Waals surface area contributed by atoms with Gasteiger partial charge >= 0.3 is 0 Å². The van der Waals surface area contributed by atoms with Crippen LogP contribution in [0.5, 0.6) is 0 Å². The monoisotopic (exact) mass is 505 g/mol. The number of nitrogens with two attached hydrogens (primary N) is 1. The molecule has 2 aliphatic rings. The summed E-state index contributed by atoms with van der Waals surface area (Å²) in [6.07, 6.45) is 4.23. The number of imidazole rings is 1. The van der Waals surface area contributed by atoms with E-state index < -0.39 is 46.7 Å². The lowest BCUT2D eigenvalue weighted by atomic mass is 9.94. The number of hydrogen-bond acceptors (Lipinski definition) is 7. The first kappa shape index (κ1) is 25.6. The average molecular weight is 506 g/mol. The smallest absolute Gasteiger partial charge is 0.270 e. The third kappa shape index (κ3) is 5.40. The van der Waals surface area contributed by atoms with Crippen molar-refractivity contribution in [2.24, 2.45) is 5.73 Å². The van der Waals surface area contributed by atoms with E-state index in [9.17, 15) is 29.3 Å². The number of aromatic amines is 1. The fourth-order valence-electron chi connectivity index (χ4n) is 4.35. The first-order valence-corrected chi connectivity index (χ1v) is 10.7. The summed E-state index contributed by atoms with van der Waals surface area (Å²) >= 11 is 0. The molecule has 186 valence electrons. The summed E-state index contributed by atoms with van der Waals surface area (Å²) in [7, 11) is 0. The largest absolute Gasteiger partial charge is 0.368 e. The minimum Gasteiger partial charge on any atom is -0.368 e. The van der Waals surface area contributed by atoms with Crippen molar-refractivity contribution >= 4 is 41.7 Å². The maximum absolute atomic E-state index is 13.3. The standard InChI is InChI=1S/C21H23N7O6.ClH/c22-18(29)17-2-1-5-27(17)21(32)16(7-12-9-23-10-24-12)26-20(31)15-6-11-3-4-13(28(33)34)8-14(11)19(30)25-15;/h3-4,8-10,15-17H,1-2,5-7H2,(H2,22,29)(H,23,24)(H,25,30)(H,26,31);1H/t15-,16-,17-;/m0./s1. The molecule has 1 saturated heterocycles. The highest BCUT2D eigenvalue weighted by atomic mass is 35.5. The van der Waals surface area contributed by atoms with Crippen LogP contribution < -0.4 is 16.4 Å². The average Bonchev–Trinajstić information content (AvgIpc) is 3.50. The molecular formula is C21H24ClN7O6. The van der Waals surface area contributed by atoms with Crippen LogP contribution in [0.1, 0.15) is 34.5 Å². The maximum atomic E-state index is 13.3. The number of nitro groups is 1. The highest BCUT2D eigenvalue weighted by Crippen LogP contribution is 2.23. The Morgan fingerprint density at radius 3 is 2.77 bits per heavy atom. The highest BCUT2D eigenvalue weighted by molar-refractivity contribution is 6.02. The molecule has 0 bridgehead atoms. The van der Waals surface area contributed by atoms with Gasteiger partial charge in [0, 0.05) is 49.0 Å². The van der Waals surface area contributed by atoms with E-state index in [4.69, 9.17) is 5.73 Å². The van der Waals surface area contributed by atoms with Gasteiger partial charge in [-0.25, -0.2) is 4.98 Å². The van der Waals surface area contributed by atoms with Crippen LogP contribution >= 0.6 is 12.4 Å². The molecule has 1 aromatic heterocycles. The number of carbonyl (C=O) groups is 4. The lowest BCUT2D eigenvalue weighted by Crippen LogP contribution is -2.58. The number of benzene rings is 1. The van der Waals surface area contributed by atoms with Gasteiger partial charge in [-0.15, -0.1) is 12.4 Å². The lowest BCUT2D eigenvalue weighted by Gasteiger charge is -2.30. The fraction of sp³-hybridized carbons (Fsp3) is 0.381. The summed E-state index contributed by atoms with van der Waals surface area (Å²) in [5.74, 6) is -2.27. The number of halogens is 1. The van der Waals surface area contributed by atoms with Crippen molar-refractivity contribution in [1.82, 2.24) is 25.5 Å². The molecule has 4 amide bonds. The number of likely N-dealkylation sites (tertiary alicyclic amines) is 1. The number of fused-ring (bicyclic) bond motifs is 1. The summed E-state index contributed by atoms with van der Waals surface area (Å²) in [6.45, 7) is 0.341. The van der Waals surface area contributed by atoms with Crippen molar-refractivity contribution in [3.63, 3.8) is 0 Å². The van der Waals surface area contributed by atoms with Crippen LogP contribution in [0.3, 0.4) is 0 Å². The molecule has 0 saturated carbocycles. The topological polar surface area (TPSA) is 193 Å². The molecule has 0 radical (unpaired) electrons. The van der Waals surface area contributed by atoms with Crippen molar-refractivity contribution < 1.29 is 24.1 Å². The third-order valence-electron chi connectivity index (χ3n) is 6.05. The van der Waals surface area contributed by atoms with E-state index in [0.29, 0.717) is 30.6 Å². The Bertz CT molecular complexity index is 1160. The Morgan fingerprint density at radius 1 is 1.34 bits per heavy atom. The Labute approximate surface area is 205 Å². The van der Waals surface area contributed by atoms with E-state index in [1.54, 1.807) is 0 Å². The molecular weight excluding hydrogens is 482 g/mol. The van der Waals surface area contributed by atoms with Crippen molar-refractivity contribution in [1.29, 1.82) is 0 Å². The predicted molar refractivity (Wildman–Crippen MR) is 123 cm³/mol. The Hall–Kier alpha value is -4.00. The van der Waals surface area contributed by atoms with Crippen molar-refractivity contribution in [2.75, 3.05) is 6.54 Å². The number of non-ortho nitro benzene ring substituents is 1. The molecule has 5 N–H and O–H groups in total. The summed E-state index contributed by atoms with van der Waals surface area (Å²) in [5, 5.41) is 16.2. The minimum atomic E-state index is -1.02. The molecule has 0 aliphatic carbocycles. The third-order valence-corrected chi connectivity index (χ3v) is 6.05. The molecule has 0 spiro atoms. The number of aromatic nitrogens is 2. The van der Waals surface area contributed by atoms with Gasteiger partial charge in [0.2, 0.25) is 17.7 Å². The zero-order chi connectivity index (χ0) is 24.4. The minimum absolute atomic E-state index is 0. The quantitative estimate of drug-likeness (QED) is 0.290. The maximum Gasteiger partial charge on any atom is 0.270 e. The van der Waals surface area contributed by atoms with Gasteiger partial charge in [-0.05, 0) is 18.4 Å². The van der Waals surface area contributed by atoms with Crippen molar-refractivity contribution in [3.05, 3.63) is 57.7 Å². The molecule has 35 heavy (non-hydrogen) atoms. The number of carbonyl (C=O) groups excluding carboxylic acids is 4. The number of amides is 4. The van der Waals surface area contributed by atoms with Gasteiger partial charge in [0.15, 0.2) is 0 Å². The van der Waals surface area contributed by atoms with E-state index in [-0.39, 0.29) is 36.5 Å². The Balaban J connectivity index is 0.00000342. The first-order chi connectivity index (χ1) is 16.2. The van der Waals surface area contributed by atoms with Gasteiger partial charge in [-0.1, -0.05) is 6.07 Å². The van der Waals surface area contributed by atoms with Crippen LogP contribution in [0.15, 0.2) is 30.7 Å². The second kappa shape index (κ2) is 10.5. The predicted octanol–water partition coefficient (Wildman–Crippen LogP) is -0.402. The van der Waals surface area contributed by atoms with E-state index in [1.165, 1.54) is 35.6 Å². The number of nitro benzene ring substituents is 1. The van der Waals surface area contributed by atoms with Gasteiger partial charge in [0.1, 0.15) is 18.1 Å². The molecule has 0 unspecified atom stereocenters. The second-order valence-corrected chi connectivity index (χ2v) is 8.26.